The van der Waals surface area contributed by atoms with Crippen molar-refractivity contribution in [3.05, 3.63) is 16.4 Å². The molecule has 1 rings (SSSR count). The summed E-state index contributed by atoms with van der Waals surface area (Å²) in [7, 11) is 0. The van der Waals surface area contributed by atoms with Crippen LogP contribution in [0.3, 0.4) is 0 Å². The van der Waals surface area contributed by atoms with E-state index >= 15 is 0 Å². The van der Waals surface area contributed by atoms with Crippen molar-refractivity contribution < 1.29 is 5.11 Å². The molecule has 0 saturated carbocycles. The zero-order valence-corrected chi connectivity index (χ0v) is 13.2. The van der Waals surface area contributed by atoms with Crippen molar-refractivity contribution in [2.75, 3.05) is 6.61 Å². The molecular formula is C14H26ClN3O. The van der Waals surface area contributed by atoms with Gasteiger partial charge in [-0.15, -0.1) is 0 Å². The summed E-state index contributed by atoms with van der Waals surface area (Å²) < 4.78 is 1.89. The second kappa shape index (κ2) is 7.88. The fourth-order valence-corrected chi connectivity index (χ4v) is 2.20. The largest absolute Gasteiger partial charge is 0.396 e. The minimum Gasteiger partial charge on any atom is -0.396 e. The van der Waals surface area contributed by atoms with Crippen molar-refractivity contribution >= 4 is 11.6 Å². The molecule has 0 aliphatic heterocycles. The van der Waals surface area contributed by atoms with E-state index in [1.54, 1.807) is 0 Å². The highest BCUT2D eigenvalue weighted by Crippen LogP contribution is 2.20. The Kier molecular flexibility index (Phi) is 6.83. The summed E-state index contributed by atoms with van der Waals surface area (Å²) in [5.74, 6) is 0.231. The van der Waals surface area contributed by atoms with Crippen LogP contribution in [0.4, 0.5) is 0 Å². The van der Waals surface area contributed by atoms with Crippen molar-refractivity contribution in [1.82, 2.24) is 15.1 Å². The Bertz CT molecular complexity index is 392. The molecular weight excluding hydrogens is 262 g/mol. The molecule has 2 N–H and O–H groups in total. The number of nitrogens with zero attached hydrogens (tertiary/aromatic N) is 2. The molecule has 0 amide bonds. The van der Waals surface area contributed by atoms with Crippen LogP contribution >= 0.6 is 11.6 Å². The Labute approximate surface area is 121 Å². The van der Waals surface area contributed by atoms with Crippen LogP contribution in [0, 0.1) is 12.8 Å². The maximum atomic E-state index is 9.13. The highest BCUT2D eigenvalue weighted by molar-refractivity contribution is 6.30. The Morgan fingerprint density at radius 1 is 1.42 bits per heavy atom. The van der Waals surface area contributed by atoms with Gasteiger partial charge in [0.15, 0.2) is 0 Å². The lowest BCUT2D eigenvalue weighted by molar-refractivity contribution is 0.207. The molecule has 4 nitrogen and oxygen atoms in total. The molecule has 2 unspecified atom stereocenters. The van der Waals surface area contributed by atoms with E-state index in [-0.39, 0.29) is 18.6 Å². The highest BCUT2D eigenvalue weighted by atomic mass is 35.5. The molecule has 1 aromatic rings. The van der Waals surface area contributed by atoms with E-state index in [2.05, 4.69) is 24.3 Å². The number of aliphatic hydroxyl groups is 1. The van der Waals surface area contributed by atoms with Crippen molar-refractivity contribution in [2.45, 2.75) is 59.7 Å². The molecule has 1 aromatic heterocycles. The second-order valence-electron chi connectivity index (χ2n) is 5.26. The standard InChI is InChI=1S/C14H26ClN3O/c1-5-6-7-18-14(15)13(12(4)17-18)8-16-11(3)10(2)9-19/h10-11,16,19H,5-9H2,1-4H3. The fourth-order valence-electron chi connectivity index (χ4n) is 1.87. The number of aromatic nitrogens is 2. The van der Waals surface area contributed by atoms with Gasteiger partial charge in [0.25, 0.3) is 0 Å². The third kappa shape index (κ3) is 4.48. The molecule has 19 heavy (non-hydrogen) atoms. The van der Waals surface area contributed by atoms with Gasteiger partial charge in [-0.2, -0.15) is 5.10 Å². The summed E-state index contributed by atoms with van der Waals surface area (Å²) >= 11 is 6.37. The van der Waals surface area contributed by atoms with E-state index in [4.69, 9.17) is 16.7 Å². The fraction of sp³-hybridized carbons (Fsp3) is 0.786. The number of hydrogen-bond acceptors (Lipinski definition) is 3. The van der Waals surface area contributed by atoms with Gasteiger partial charge in [-0.1, -0.05) is 31.9 Å². The van der Waals surface area contributed by atoms with Crippen LogP contribution in [0.25, 0.3) is 0 Å². The summed E-state index contributed by atoms with van der Waals surface area (Å²) in [6.07, 6.45) is 2.22. The maximum Gasteiger partial charge on any atom is 0.131 e. The van der Waals surface area contributed by atoms with E-state index in [9.17, 15) is 0 Å². The van der Waals surface area contributed by atoms with Gasteiger partial charge >= 0.3 is 0 Å². The van der Waals surface area contributed by atoms with Crippen molar-refractivity contribution in [3.63, 3.8) is 0 Å². The first-order valence-electron chi connectivity index (χ1n) is 7.07. The summed E-state index contributed by atoms with van der Waals surface area (Å²) in [4.78, 5) is 0. The number of halogens is 1. The quantitative estimate of drug-likeness (QED) is 0.773. The summed E-state index contributed by atoms with van der Waals surface area (Å²) in [5, 5.41) is 17.8. The van der Waals surface area contributed by atoms with Crippen LogP contribution < -0.4 is 5.32 Å². The first-order valence-corrected chi connectivity index (χ1v) is 7.45. The Morgan fingerprint density at radius 3 is 2.68 bits per heavy atom. The number of aliphatic hydroxyl groups excluding tert-OH is 1. The molecule has 0 bridgehead atoms. The molecule has 0 fully saturated rings. The number of nitrogens with one attached hydrogen (secondary N) is 1. The lowest BCUT2D eigenvalue weighted by Crippen LogP contribution is -2.33. The van der Waals surface area contributed by atoms with Gasteiger partial charge in [-0.05, 0) is 26.2 Å². The summed E-state index contributed by atoms with van der Waals surface area (Å²) in [5.41, 5.74) is 2.05. The molecule has 0 saturated heterocycles. The van der Waals surface area contributed by atoms with Crippen molar-refractivity contribution in [3.8, 4) is 0 Å². The number of hydrogen-bond donors (Lipinski definition) is 2. The smallest absolute Gasteiger partial charge is 0.131 e. The maximum absolute atomic E-state index is 9.13. The minimum absolute atomic E-state index is 0.191. The molecule has 0 aliphatic rings. The summed E-state index contributed by atoms with van der Waals surface area (Å²) in [6.45, 7) is 10.0. The van der Waals surface area contributed by atoms with Gasteiger partial charge in [0.2, 0.25) is 0 Å². The average molecular weight is 288 g/mol. The minimum atomic E-state index is 0.191. The van der Waals surface area contributed by atoms with E-state index in [0.29, 0.717) is 6.54 Å². The van der Waals surface area contributed by atoms with Crippen LogP contribution in [0.5, 0.6) is 0 Å². The van der Waals surface area contributed by atoms with Gasteiger partial charge in [-0.25, -0.2) is 0 Å². The van der Waals surface area contributed by atoms with Crippen LogP contribution in [-0.4, -0.2) is 27.5 Å². The van der Waals surface area contributed by atoms with Gasteiger partial charge in [0, 0.05) is 31.3 Å². The SMILES string of the molecule is CCCCn1nc(C)c(CNC(C)C(C)CO)c1Cl. The lowest BCUT2D eigenvalue weighted by Gasteiger charge is -2.19. The molecule has 1 heterocycles. The highest BCUT2D eigenvalue weighted by Gasteiger charge is 2.15. The van der Waals surface area contributed by atoms with Gasteiger partial charge in [0.1, 0.15) is 5.15 Å². The Balaban J connectivity index is 2.65. The average Bonchev–Trinajstić information content (AvgIpc) is 2.67. The van der Waals surface area contributed by atoms with E-state index in [1.165, 1.54) is 0 Å². The second-order valence-corrected chi connectivity index (χ2v) is 5.62. The van der Waals surface area contributed by atoms with Gasteiger partial charge in [-0.3, -0.25) is 4.68 Å². The molecule has 0 radical (unpaired) electrons. The normalized spacial score (nSPS) is 14.6. The van der Waals surface area contributed by atoms with Gasteiger partial charge in [0.05, 0.1) is 5.69 Å². The molecule has 110 valence electrons. The van der Waals surface area contributed by atoms with Crippen LogP contribution in [-0.2, 0) is 13.1 Å². The Morgan fingerprint density at radius 2 is 2.11 bits per heavy atom. The first-order chi connectivity index (χ1) is 9.01. The van der Waals surface area contributed by atoms with E-state index in [1.807, 2.05) is 18.5 Å². The zero-order chi connectivity index (χ0) is 14.4. The van der Waals surface area contributed by atoms with Gasteiger partial charge < -0.3 is 10.4 Å². The molecule has 0 aromatic carbocycles. The number of rotatable bonds is 8. The predicted molar refractivity (Wildman–Crippen MR) is 79.4 cm³/mol. The first kappa shape index (κ1) is 16.5. The third-order valence-electron chi connectivity index (χ3n) is 3.65. The van der Waals surface area contributed by atoms with Crippen LogP contribution in [0.1, 0.15) is 44.9 Å². The van der Waals surface area contributed by atoms with Crippen molar-refractivity contribution in [1.29, 1.82) is 0 Å². The van der Waals surface area contributed by atoms with Crippen LogP contribution in [0.15, 0.2) is 0 Å². The molecule has 5 heteroatoms. The number of unbranched alkanes of at least 4 members (excludes halogenated alkanes) is 1. The van der Waals surface area contributed by atoms with E-state index in [0.717, 1.165) is 35.8 Å². The van der Waals surface area contributed by atoms with Crippen LogP contribution in [0.2, 0.25) is 5.15 Å². The van der Waals surface area contributed by atoms with Crippen molar-refractivity contribution in [2.24, 2.45) is 5.92 Å². The Hall–Kier alpha value is -0.580. The number of aryl methyl sites for hydroxylation is 2. The molecule has 2 atom stereocenters. The monoisotopic (exact) mass is 287 g/mol. The topological polar surface area (TPSA) is 50.1 Å². The molecule has 0 spiro atoms. The lowest BCUT2D eigenvalue weighted by atomic mass is 10.1. The predicted octanol–water partition coefficient (Wildman–Crippen LogP) is 2.75. The zero-order valence-electron chi connectivity index (χ0n) is 12.4. The third-order valence-corrected chi connectivity index (χ3v) is 4.07. The molecule has 0 aliphatic carbocycles. The summed E-state index contributed by atoms with van der Waals surface area (Å²) in [6, 6.07) is 0.249. The van der Waals surface area contributed by atoms with E-state index < -0.39 is 0 Å².